The van der Waals surface area contributed by atoms with Crippen LogP contribution < -0.4 is 0 Å². The number of hydrogen-bond donors (Lipinski definition) is 0. The Morgan fingerprint density at radius 2 is 1.20 bits per heavy atom. The Bertz CT molecular complexity index is 2400. The number of rotatable bonds is 3. The van der Waals surface area contributed by atoms with Gasteiger partial charge in [0.05, 0.1) is 16.6 Å². The smallest absolute Gasteiger partial charge is 0.143 e. The van der Waals surface area contributed by atoms with Crippen molar-refractivity contribution in [3.63, 3.8) is 0 Å². The second-order valence-electron chi connectivity index (χ2n) is 10.6. The van der Waals surface area contributed by atoms with Crippen molar-refractivity contribution in [2.24, 2.45) is 0 Å². The summed E-state index contributed by atoms with van der Waals surface area (Å²) in [5.74, 6) is 0. The molecule has 0 spiro atoms. The van der Waals surface area contributed by atoms with Gasteiger partial charge in [0.2, 0.25) is 0 Å². The Kier molecular flexibility index (Phi) is 4.61. The van der Waals surface area contributed by atoms with Crippen LogP contribution in [0.1, 0.15) is 0 Å². The Balaban J connectivity index is 1.21. The topological polar surface area (TPSA) is 23.0 Å². The van der Waals surface area contributed by atoms with Crippen LogP contribution in [0.2, 0.25) is 0 Å². The predicted molar refractivity (Wildman–Crippen MR) is 170 cm³/mol. The molecule has 3 aromatic heterocycles. The molecule has 192 valence electrons. The molecule has 0 fully saturated rings. The summed E-state index contributed by atoms with van der Waals surface area (Å²) in [6.45, 7) is 0. The quantitative estimate of drug-likeness (QED) is 0.225. The molecule has 0 bridgehead atoms. The van der Waals surface area contributed by atoms with Crippen molar-refractivity contribution in [2.45, 2.75) is 0 Å². The maximum Gasteiger partial charge on any atom is 0.143 e. The molecule has 9 rings (SSSR count). The van der Waals surface area contributed by atoms with E-state index >= 15 is 0 Å². The van der Waals surface area contributed by atoms with Crippen LogP contribution in [0.5, 0.6) is 0 Å². The van der Waals surface area contributed by atoms with Gasteiger partial charge < -0.3 is 13.6 Å². The highest BCUT2D eigenvalue weighted by Crippen LogP contribution is 2.39. The SMILES string of the molecule is c1ccc(-n2c3ccccc3c3ccc4c(ccn4-c4ccc(-c5cccc6c5oc5ccccc56)cc4)c32)cc1. The van der Waals surface area contributed by atoms with Crippen molar-refractivity contribution >= 4 is 54.6 Å². The fourth-order valence-corrected chi connectivity index (χ4v) is 6.52. The summed E-state index contributed by atoms with van der Waals surface area (Å²) < 4.78 is 11.0. The van der Waals surface area contributed by atoms with E-state index in [0.29, 0.717) is 0 Å². The monoisotopic (exact) mass is 524 g/mol. The molecule has 0 aliphatic rings. The van der Waals surface area contributed by atoms with E-state index in [4.69, 9.17) is 4.42 Å². The molecule has 6 aromatic carbocycles. The van der Waals surface area contributed by atoms with Gasteiger partial charge in [-0.3, -0.25) is 0 Å². The molecule has 41 heavy (non-hydrogen) atoms. The first kappa shape index (κ1) is 22.3. The van der Waals surface area contributed by atoms with Crippen LogP contribution in [0.15, 0.2) is 150 Å². The third kappa shape index (κ3) is 3.20. The van der Waals surface area contributed by atoms with Crippen molar-refractivity contribution in [1.29, 1.82) is 0 Å². The number of para-hydroxylation sites is 4. The first-order valence-corrected chi connectivity index (χ1v) is 13.9. The van der Waals surface area contributed by atoms with Gasteiger partial charge in [-0.05, 0) is 54.1 Å². The second-order valence-corrected chi connectivity index (χ2v) is 10.6. The van der Waals surface area contributed by atoms with Crippen molar-refractivity contribution in [2.75, 3.05) is 0 Å². The van der Waals surface area contributed by atoms with Crippen molar-refractivity contribution in [1.82, 2.24) is 9.13 Å². The fourth-order valence-electron chi connectivity index (χ4n) is 6.52. The zero-order chi connectivity index (χ0) is 26.9. The number of benzene rings is 6. The summed E-state index contributed by atoms with van der Waals surface area (Å²) in [5, 5.41) is 6.07. The highest BCUT2D eigenvalue weighted by Gasteiger charge is 2.17. The lowest BCUT2D eigenvalue weighted by Gasteiger charge is -2.10. The van der Waals surface area contributed by atoms with Crippen LogP contribution >= 0.6 is 0 Å². The second kappa shape index (κ2) is 8.48. The molecular weight excluding hydrogens is 500 g/mol. The van der Waals surface area contributed by atoms with Gasteiger partial charge in [-0.15, -0.1) is 0 Å². The zero-order valence-corrected chi connectivity index (χ0v) is 22.2. The molecule has 0 saturated heterocycles. The standard InChI is InChI=1S/C38H24N2O/c1-2-9-27(10-3-1)40-35-15-6-4-11-29(35)31-21-22-34-33(37(31)40)23-24-39(34)26-19-17-25(18-20-26)28-13-8-14-32-30-12-5-7-16-36(30)41-38(28)32/h1-24H. The summed E-state index contributed by atoms with van der Waals surface area (Å²) in [7, 11) is 0. The number of nitrogens with zero attached hydrogens (tertiary/aromatic N) is 2. The highest BCUT2D eigenvalue weighted by molar-refractivity contribution is 6.18. The molecule has 0 aliphatic carbocycles. The predicted octanol–water partition coefficient (Wildman–Crippen LogP) is 10.3. The first-order chi connectivity index (χ1) is 20.3. The van der Waals surface area contributed by atoms with E-state index in [1.165, 1.54) is 38.4 Å². The fraction of sp³-hybridized carbons (Fsp3) is 0. The van der Waals surface area contributed by atoms with Crippen LogP contribution in [0.3, 0.4) is 0 Å². The Morgan fingerprint density at radius 3 is 2.07 bits per heavy atom. The van der Waals surface area contributed by atoms with Crippen molar-refractivity contribution in [3.05, 3.63) is 146 Å². The van der Waals surface area contributed by atoms with Gasteiger partial charge in [0, 0.05) is 50.1 Å². The van der Waals surface area contributed by atoms with Gasteiger partial charge in [0.1, 0.15) is 11.2 Å². The van der Waals surface area contributed by atoms with E-state index in [2.05, 4.69) is 143 Å². The molecule has 0 saturated carbocycles. The summed E-state index contributed by atoms with van der Waals surface area (Å²) in [6, 6.07) is 49.5. The van der Waals surface area contributed by atoms with Crippen LogP contribution in [-0.4, -0.2) is 9.13 Å². The van der Waals surface area contributed by atoms with E-state index in [1.807, 2.05) is 12.1 Å². The molecule has 0 atom stereocenters. The van der Waals surface area contributed by atoms with Gasteiger partial charge >= 0.3 is 0 Å². The molecule has 9 aromatic rings. The average molecular weight is 525 g/mol. The highest BCUT2D eigenvalue weighted by atomic mass is 16.3. The van der Waals surface area contributed by atoms with Crippen LogP contribution in [0.25, 0.3) is 77.1 Å². The molecule has 3 nitrogen and oxygen atoms in total. The molecular formula is C38H24N2O. The number of hydrogen-bond acceptors (Lipinski definition) is 1. The molecule has 3 heterocycles. The lowest BCUT2D eigenvalue weighted by Crippen LogP contribution is -1.94. The minimum Gasteiger partial charge on any atom is -0.455 e. The van der Waals surface area contributed by atoms with E-state index in [1.54, 1.807) is 0 Å². The minimum absolute atomic E-state index is 0.921. The maximum absolute atomic E-state index is 6.30. The Morgan fingerprint density at radius 1 is 0.439 bits per heavy atom. The average Bonchev–Trinajstić information content (AvgIpc) is 3.73. The number of fused-ring (bicyclic) bond motifs is 8. The van der Waals surface area contributed by atoms with E-state index in [9.17, 15) is 0 Å². The first-order valence-electron chi connectivity index (χ1n) is 13.9. The van der Waals surface area contributed by atoms with E-state index < -0.39 is 0 Å². The van der Waals surface area contributed by atoms with Crippen molar-refractivity contribution in [3.8, 4) is 22.5 Å². The molecule has 0 amide bonds. The zero-order valence-electron chi connectivity index (χ0n) is 22.2. The Labute approximate surface area is 236 Å². The summed E-state index contributed by atoms with van der Waals surface area (Å²) in [5.41, 5.74) is 10.0. The third-order valence-electron chi connectivity index (χ3n) is 8.38. The van der Waals surface area contributed by atoms with Crippen LogP contribution in [-0.2, 0) is 0 Å². The van der Waals surface area contributed by atoms with Gasteiger partial charge in [0.25, 0.3) is 0 Å². The number of aromatic nitrogens is 2. The van der Waals surface area contributed by atoms with Gasteiger partial charge in [-0.1, -0.05) is 91.0 Å². The maximum atomic E-state index is 6.30. The third-order valence-corrected chi connectivity index (χ3v) is 8.38. The Hall–Kier alpha value is -5.54. The minimum atomic E-state index is 0.921. The van der Waals surface area contributed by atoms with Gasteiger partial charge in [-0.25, -0.2) is 0 Å². The summed E-state index contributed by atoms with van der Waals surface area (Å²) >= 11 is 0. The molecule has 0 radical (unpaired) electrons. The van der Waals surface area contributed by atoms with Gasteiger partial charge in [-0.2, -0.15) is 0 Å². The molecule has 0 unspecified atom stereocenters. The lowest BCUT2D eigenvalue weighted by molar-refractivity contribution is 0.670. The molecule has 3 heteroatoms. The van der Waals surface area contributed by atoms with E-state index in [0.717, 1.165) is 38.8 Å². The summed E-state index contributed by atoms with van der Waals surface area (Å²) in [4.78, 5) is 0. The lowest BCUT2D eigenvalue weighted by atomic mass is 10.0. The molecule has 0 aliphatic heterocycles. The summed E-state index contributed by atoms with van der Waals surface area (Å²) in [6.07, 6.45) is 2.19. The molecule has 0 N–H and O–H groups in total. The normalized spacial score (nSPS) is 11.9. The van der Waals surface area contributed by atoms with Crippen LogP contribution in [0.4, 0.5) is 0 Å². The van der Waals surface area contributed by atoms with Crippen LogP contribution in [0, 0.1) is 0 Å². The van der Waals surface area contributed by atoms with Gasteiger partial charge in [0.15, 0.2) is 0 Å². The largest absolute Gasteiger partial charge is 0.455 e. The van der Waals surface area contributed by atoms with E-state index in [-0.39, 0.29) is 0 Å². The van der Waals surface area contributed by atoms with Crippen molar-refractivity contribution < 1.29 is 4.42 Å². The number of furan rings is 1.